The van der Waals surface area contributed by atoms with Crippen LogP contribution in [0.4, 0.5) is 0 Å². The van der Waals surface area contributed by atoms with Gasteiger partial charge in [-0.05, 0) is 24.3 Å². The Bertz CT molecular complexity index is 945. The van der Waals surface area contributed by atoms with Crippen molar-refractivity contribution in [3.63, 3.8) is 0 Å². The van der Waals surface area contributed by atoms with Crippen LogP contribution in [0.1, 0.15) is 12.0 Å². The normalized spacial score (nSPS) is 10.5. The lowest BCUT2D eigenvalue weighted by Gasteiger charge is -2.09. The van der Waals surface area contributed by atoms with Crippen molar-refractivity contribution in [2.24, 2.45) is 0 Å². The molecule has 0 fully saturated rings. The van der Waals surface area contributed by atoms with Crippen LogP contribution in [0.3, 0.4) is 0 Å². The van der Waals surface area contributed by atoms with Gasteiger partial charge in [0, 0.05) is 23.1 Å². The molecule has 0 amide bonds. The first-order valence-electron chi connectivity index (χ1n) is 8.10. The second-order valence-corrected chi connectivity index (χ2v) is 5.52. The van der Waals surface area contributed by atoms with Gasteiger partial charge >= 0.3 is 11.6 Å². The lowest BCUT2D eigenvalue weighted by atomic mass is 10.1. The fourth-order valence-electron chi connectivity index (χ4n) is 2.46. The Morgan fingerprint density at radius 3 is 2.62 bits per heavy atom. The van der Waals surface area contributed by atoms with Gasteiger partial charge in [-0.3, -0.25) is 4.79 Å². The summed E-state index contributed by atoms with van der Waals surface area (Å²) in [6.45, 7) is 0.205. The molecule has 1 heterocycles. The molecule has 0 radical (unpaired) electrons. The topological polar surface area (TPSA) is 75.0 Å². The van der Waals surface area contributed by atoms with E-state index >= 15 is 0 Å². The van der Waals surface area contributed by atoms with E-state index in [2.05, 4.69) is 0 Å². The number of fused-ring (bicyclic) bond motifs is 1. The molecule has 2 aromatic carbocycles. The third kappa shape index (κ3) is 4.42. The van der Waals surface area contributed by atoms with E-state index in [4.69, 9.17) is 18.6 Å². The lowest BCUT2D eigenvalue weighted by molar-refractivity contribution is -0.145. The van der Waals surface area contributed by atoms with Crippen molar-refractivity contribution in [1.29, 1.82) is 0 Å². The summed E-state index contributed by atoms with van der Waals surface area (Å²) < 4.78 is 21.0. The van der Waals surface area contributed by atoms with E-state index in [0.29, 0.717) is 28.0 Å². The average Bonchev–Trinajstić information content (AvgIpc) is 2.66. The zero-order valence-corrected chi connectivity index (χ0v) is 14.3. The van der Waals surface area contributed by atoms with Crippen molar-refractivity contribution < 1.29 is 23.4 Å². The Labute approximate surface area is 149 Å². The second-order valence-electron chi connectivity index (χ2n) is 5.52. The molecule has 0 bridgehead atoms. The number of rotatable bonds is 7. The Morgan fingerprint density at radius 1 is 1.04 bits per heavy atom. The quantitative estimate of drug-likeness (QED) is 0.479. The molecule has 0 aliphatic carbocycles. The van der Waals surface area contributed by atoms with E-state index in [0.717, 1.165) is 0 Å². The first kappa shape index (κ1) is 17.5. The zero-order chi connectivity index (χ0) is 18.4. The molecule has 0 unspecified atom stereocenters. The highest BCUT2D eigenvalue weighted by molar-refractivity contribution is 5.81. The molecule has 3 aromatic rings. The van der Waals surface area contributed by atoms with E-state index in [1.54, 1.807) is 18.2 Å². The van der Waals surface area contributed by atoms with Gasteiger partial charge in [-0.2, -0.15) is 0 Å². The summed E-state index contributed by atoms with van der Waals surface area (Å²) in [5, 5.41) is 0.693. The van der Waals surface area contributed by atoms with Crippen LogP contribution in [0.5, 0.6) is 11.5 Å². The number of carbonyl (C=O) groups excluding carboxylic acids is 1. The number of hydrogen-bond acceptors (Lipinski definition) is 6. The van der Waals surface area contributed by atoms with Crippen LogP contribution in [-0.4, -0.2) is 19.7 Å². The minimum absolute atomic E-state index is 0.0153. The first-order valence-corrected chi connectivity index (χ1v) is 8.10. The van der Waals surface area contributed by atoms with Crippen LogP contribution in [0.25, 0.3) is 11.0 Å². The Hall–Kier alpha value is -3.28. The summed E-state index contributed by atoms with van der Waals surface area (Å²) in [6.07, 6.45) is 0.113. The van der Waals surface area contributed by atoms with Crippen molar-refractivity contribution in [3.05, 3.63) is 70.6 Å². The van der Waals surface area contributed by atoms with Crippen molar-refractivity contribution in [2.75, 3.05) is 13.7 Å². The molecule has 1 aromatic heterocycles. The minimum atomic E-state index is -0.510. The van der Waals surface area contributed by atoms with Gasteiger partial charge < -0.3 is 18.6 Å². The van der Waals surface area contributed by atoms with Crippen molar-refractivity contribution >= 4 is 16.9 Å². The van der Waals surface area contributed by atoms with E-state index in [1.165, 1.54) is 13.2 Å². The molecule has 0 aliphatic rings. The third-order valence-electron chi connectivity index (χ3n) is 3.74. The number of carbonyl (C=O) groups is 1. The summed E-state index contributed by atoms with van der Waals surface area (Å²) in [5.41, 5.74) is 0.454. The summed E-state index contributed by atoms with van der Waals surface area (Å²) in [6, 6.07) is 15.7. The van der Waals surface area contributed by atoms with E-state index in [9.17, 15) is 9.59 Å². The smallest absolute Gasteiger partial charge is 0.336 e. The predicted molar refractivity (Wildman–Crippen MR) is 95.4 cm³/mol. The van der Waals surface area contributed by atoms with E-state index in [1.807, 2.05) is 30.3 Å². The van der Waals surface area contributed by atoms with Gasteiger partial charge in [0.2, 0.25) is 0 Å². The number of hydrogen-bond donors (Lipinski definition) is 0. The van der Waals surface area contributed by atoms with Gasteiger partial charge in [0.25, 0.3) is 0 Å². The van der Waals surface area contributed by atoms with Crippen LogP contribution in [0.2, 0.25) is 0 Å². The standard InChI is InChI=1S/C20H18O6/c1-23-16-7-8-17-14(11-20(22)26-18(17)12-16)13-25-19(21)9-10-24-15-5-3-2-4-6-15/h2-8,11-12H,9-10,13H2,1H3. The zero-order valence-electron chi connectivity index (χ0n) is 14.3. The Balaban J connectivity index is 1.60. The lowest BCUT2D eigenvalue weighted by Crippen LogP contribution is -2.11. The molecule has 0 saturated heterocycles. The number of ether oxygens (including phenoxy) is 3. The summed E-state index contributed by atoms with van der Waals surface area (Å²) >= 11 is 0. The maximum absolute atomic E-state index is 11.9. The van der Waals surface area contributed by atoms with Crippen molar-refractivity contribution in [2.45, 2.75) is 13.0 Å². The highest BCUT2D eigenvalue weighted by atomic mass is 16.5. The minimum Gasteiger partial charge on any atom is -0.497 e. The first-order chi connectivity index (χ1) is 12.7. The van der Waals surface area contributed by atoms with Gasteiger partial charge in [0.15, 0.2) is 0 Å². The Kier molecular flexibility index (Phi) is 5.53. The highest BCUT2D eigenvalue weighted by Gasteiger charge is 2.10. The predicted octanol–water partition coefficient (Wildman–Crippen LogP) is 3.31. The molecule has 0 spiro atoms. The molecule has 0 aliphatic heterocycles. The van der Waals surface area contributed by atoms with Gasteiger partial charge in [0.1, 0.15) is 23.7 Å². The SMILES string of the molecule is COc1ccc2c(COC(=O)CCOc3ccccc3)cc(=O)oc2c1. The number of benzene rings is 2. The summed E-state index contributed by atoms with van der Waals surface area (Å²) in [4.78, 5) is 23.6. The largest absolute Gasteiger partial charge is 0.497 e. The average molecular weight is 354 g/mol. The Morgan fingerprint density at radius 2 is 1.85 bits per heavy atom. The maximum atomic E-state index is 11.9. The molecule has 6 nitrogen and oxygen atoms in total. The number of methoxy groups -OCH3 is 1. The van der Waals surface area contributed by atoms with Gasteiger partial charge in [-0.15, -0.1) is 0 Å². The molecule has 0 saturated carbocycles. The number of esters is 1. The molecular formula is C20H18O6. The summed E-state index contributed by atoms with van der Waals surface area (Å²) in [5.74, 6) is 0.865. The van der Waals surface area contributed by atoms with Crippen LogP contribution in [-0.2, 0) is 16.1 Å². The van der Waals surface area contributed by atoms with Crippen LogP contribution in [0, 0.1) is 0 Å². The molecule has 134 valence electrons. The highest BCUT2D eigenvalue weighted by Crippen LogP contribution is 2.23. The van der Waals surface area contributed by atoms with E-state index in [-0.39, 0.29) is 19.6 Å². The van der Waals surface area contributed by atoms with Crippen molar-refractivity contribution in [1.82, 2.24) is 0 Å². The fourth-order valence-corrected chi connectivity index (χ4v) is 2.46. The van der Waals surface area contributed by atoms with Gasteiger partial charge in [0.05, 0.1) is 20.1 Å². The van der Waals surface area contributed by atoms with Crippen LogP contribution >= 0.6 is 0 Å². The van der Waals surface area contributed by atoms with Crippen LogP contribution < -0.4 is 15.1 Å². The third-order valence-corrected chi connectivity index (χ3v) is 3.74. The molecular weight excluding hydrogens is 336 g/mol. The molecule has 0 N–H and O–H groups in total. The van der Waals surface area contributed by atoms with Gasteiger partial charge in [-0.25, -0.2) is 4.79 Å². The molecule has 3 rings (SSSR count). The van der Waals surface area contributed by atoms with Crippen LogP contribution in [0.15, 0.2) is 63.8 Å². The maximum Gasteiger partial charge on any atom is 0.336 e. The van der Waals surface area contributed by atoms with Gasteiger partial charge in [-0.1, -0.05) is 18.2 Å². The molecule has 0 atom stereocenters. The fraction of sp³-hybridized carbons (Fsp3) is 0.200. The monoisotopic (exact) mass is 354 g/mol. The second kappa shape index (κ2) is 8.20. The number of para-hydroxylation sites is 1. The molecule has 6 heteroatoms. The van der Waals surface area contributed by atoms with Crippen molar-refractivity contribution in [3.8, 4) is 11.5 Å². The summed E-state index contributed by atoms with van der Waals surface area (Å²) in [7, 11) is 1.53. The van der Waals surface area contributed by atoms with E-state index < -0.39 is 11.6 Å². The molecule has 26 heavy (non-hydrogen) atoms.